The summed E-state index contributed by atoms with van der Waals surface area (Å²) in [5.41, 5.74) is 1.20. The van der Waals surface area contributed by atoms with Gasteiger partial charge in [0, 0.05) is 37.1 Å². The van der Waals surface area contributed by atoms with E-state index in [2.05, 4.69) is 39.9 Å². The Morgan fingerprint density at radius 1 is 1.00 bits per heavy atom. The Labute approximate surface area is 188 Å². The van der Waals surface area contributed by atoms with E-state index in [1.54, 1.807) is 32.6 Å². The Morgan fingerprint density at radius 2 is 1.79 bits per heavy atom. The molecular formula is C20H30IN3O3S. The van der Waals surface area contributed by atoms with Crippen LogP contribution in [0.4, 0.5) is 0 Å². The summed E-state index contributed by atoms with van der Waals surface area (Å²) in [6.07, 6.45) is 0.922. The van der Waals surface area contributed by atoms with Crippen molar-refractivity contribution in [3.8, 4) is 16.2 Å². The Bertz CT molecular complexity index is 692. The normalized spacial score (nSPS) is 11.0. The van der Waals surface area contributed by atoms with E-state index in [-0.39, 0.29) is 24.0 Å². The van der Waals surface area contributed by atoms with Gasteiger partial charge in [0.25, 0.3) is 0 Å². The number of benzene rings is 1. The van der Waals surface area contributed by atoms with E-state index in [9.17, 15) is 0 Å². The number of aliphatic imine (C=N–C) groups is 1. The average molecular weight is 519 g/mol. The molecule has 0 amide bonds. The van der Waals surface area contributed by atoms with Crippen molar-refractivity contribution in [1.82, 2.24) is 10.6 Å². The minimum Gasteiger partial charge on any atom is -0.497 e. The lowest BCUT2D eigenvalue weighted by Gasteiger charge is -2.11. The van der Waals surface area contributed by atoms with E-state index < -0.39 is 0 Å². The molecule has 6 nitrogen and oxygen atoms in total. The van der Waals surface area contributed by atoms with Gasteiger partial charge < -0.3 is 24.8 Å². The maximum absolute atomic E-state index is 5.45. The first-order chi connectivity index (χ1) is 13.3. The largest absolute Gasteiger partial charge is 0.497 e. The van der Waals surface area contributed by atoms with Gasteiger partial charge >= 0.3 is 0 Å². The molecule has 0 saturated heterocycles. The van der Waals surface area contributed by atoms with E-state index in [0.29, 0.717) is 19.8 Å². The fourth-order valence-corrected chi connectivity index (χ4v) is 3.35. The quantitative estimate of drug-likeness (QED) is 0.205. The van der Waals surface area contributed by atoms with Gasteiger partial charge in [-0.05, 0) is 48.4 Å². The summed E-state index contributed by atoms with van der Waals surface area (Å²) in [5, 5.41) is 6.65. The van der Waals surface area contributed by atoms with Crippen LogP contribution in [0.3, 0.4) is 0 Å². The number of nitrogens with one attached hydrogen (secondary N) is 2. The zero-order valence-corrected chi connectivity index (χ0v) is 19.8. The molecule has 0 atom stereocenters. The van der Waals surface area contributed by atoms with Crippen molar-refractivity contribution in [2.75, 3.05) is 47.6 Å². The molecule has 1 aromatic carbocycles. The molecule has 0 bridgehead atoms. The first kappa shape index (κ1) is 24.7. The van der Waals surface area contributed by atoms with Crippen LogP contribution in [0.2, 0.25) is 0 Å². The number of guanidine groups is 1. The van der Waals surface area contributed by atoms with Crippen molar-refractivity contribution in [3.63, 3.8) is 0 Å². The molecule has 8 heteroatoms. The molecule has 28 heavy (non-hydrogen) atoms. The van der Waals surface area contributed by atoms with Crippen LogP contribution in [0.15, 0.2) is 41.4 Å². The zero-order chi connectivity index (χ0) is 19.3. The molecule has 0 spiro atoms. The van der Waals surface area contributed by atoms with Gasteiger partial charge in [0.2, 0.25) is 0 Å². The van der Waals surface area contributed by atoms with Crippen molar-refractivity contribution < 1.29 is 14.2 Å². The van der Waals surface area contributed by atoms with Gasteiger partial charge in [-0.2, -0.15) is 0 Å². The highest BCUT2D eigenvalue weighted by Gasteiger charge is 2.05. The van der Waals surface area contributed by atoms with E-state index in [1.807, 2.05) is 12.1 Å². The van der Waals surface area contributed by atoms with E-state index in [0.717, 1.165) is 31.2 Å². The molecule has 2 aromatic rings. The molecule has 0 unspecified atom stereocenters. The summed E-state index contributed by atoms with van der Waals surface area (Å²) in [6, 6.07) is 12.4. The first-order valence-corrected chi connectivity index (χ1v) is 9.82. The minimum absolute atomic E-state index is 0. The standard InChI is InChI=1S/C20H29N3O3S.HI/c1-21-20(22-11-4-12-26-14-13-24-2)23-15-18-9-10-19(27-18)16-5-7-17(25-3)8-6-16;/h5-10H,4,11-15H2,1-3H3,(H2,21,22,23);1H. The highest BCUT2D eigenvalue weighted by Crippen LogP contribution is 2.29. The Morgan fingerprint density at radius 3 is 2.46 bits per heavy atom. The second kappa shape index (κ2) is 14.6. The smallest absolute Gasteiger partial charge is 0.191 e. The van der Waals surface area contributed by atoms with Crippen molar-refractivity contribution >= 4 is 41.3 Å². The Balaban J connectivity index is 0.00000392. The predicted octanol–water partition coefficient (Wildman–Crippen LogP) is 3.76. The van der Waals surface area contributed by atoms with Crippen LogP contribution in [-0.4, -0.2) is 53.6 Å². The van der Waals surface area contributed by atoms with Crippen LogP contribution in [0.25, 0.3) is 10.4 Å². The number of hydrogen-bond donors (Lipinski definition) is 2. The molecule has 1 heterocycles. The average Bonchev–Trinajstić information content (AvgIpc) is 3.18. The molecule has 0 radical (unpaired) electrons. The number of ether oxygens (including phenoxy) is 3. The maximum Gasteiger partial charge on any atom is 0.191 e. The van der Waals surface area contributed by atoms with Crippen LogP contribution >= 0.6 is 35.3 Å². The topological polar surface area (TPSA) is 64.1 Å². The number of nitrogens with zero attached hydrogens (tertiary/aromatic N) is 1. The van der Waals surface area contributed by atoms with Crippen molar-refractivity contribution in [3.05, 3.63) is 41.3 Å². The number of rotatable bonds is 11. The second-order valence-corrected chi connectivity index (χ2v) is 6.97. The molecule has 0 aliphatic heterocycles. The lowest BCUT2D eigenvalue weighted by Crippen LogP contribution is -2.37. The van der Waals surface area contributed by atoms with Gasteiger partial charge in [-0.25, -0.2) is 0 Å². The Kier molecular flexibility index (Phi) is 12.9. The third-order valence-electron chi connectivity index (χ3n) is 3.88. The molecule has 0 saturated carbocycles. The summed E-state index contributed by atoms with van der Waals surface area (Å²) in [6.45, 7) is 3.54. The molecule has 2 rings (SSSR count). The molecule has 0 aliphatic rings. The van der Waals surface area contributed by atoms with Crippen molar-refractivity contribution in [1.29, 1.82) is 0 Å². The van der Waals surface area contributed by atoms with Crippen LogP contribution in [0.1, 0.15) is 11.3 Å². The molecule has 156 valence electrons. The van der Waals surface area contributed by atoms with Gasteiger partial charge in [0.1, 0.15) is 5.75 Å². The zero-order valence-electron chi connectivity index (χ0n) is 16.7. The molecule has 2 N–H and O–H groups in total. The van der Waals surface area contributed by atoms with Gasteiger partial charge in [-0.15, -0.1) is 35.3 Å². The van der Waals surface area contributed by atoms with Gasteiger partial charge in [0.15, 0.2) is 5.96 Å². The third-order valence-corrected chi connectivity index (χ3v) is 5.01. The highest BCUT2D eigenvalue weighted by molar-refractivity contribution is 14.0. The monoisotopic (exact) mass is 519 g/mol. The van der Waals surface area contributed by atoms with Gasteiger partial charge in [-0.1, -0.05) is 0 Å². The predicted molar refractivity (Wildman–Crippen MR) is 127 cm³/mol. The summed E-state index contributed by atoms with van der Waals surface area (Å²) in [5.74, 6) is 1.67. The fraction of sp³-hybridized carbons (Fsp3) is 0.450. The molecule has 0 fully saturated rings. The van der Waals surface area contributed by atoms with Crippen molar-refractivity contribution in [2.24, 2.45) is 4.99 Å². The lowest BCUT2D eigenvalue weighted by atomic mass is 10.2. The number of methoxy groups -OCH3 is 2. The Hall–Kier alpha value is -1.36. The number of hydrogen-bond acceptors (Lipinski definition) is 5. The lowest BCUT2D eigenvalue weighted by molar-refractivity contribution is 0.0698. The summed E-state index contributed by atoms with van der Waals surface area (Å²) < 4.78 is 15.6. The fourth-order valence-electron chi connectivity index (χ4n) is 2.40. The number of halogens is 1. The first-order valence-electron chi connectivity index (χ1n) is 9.01. The van der Waals surface area contributed by atoms with Crippen LogP contribution in [-0.2, 0) is 16.0 Å². The minimum atomic E-state index is 0. The van der Waals surface area contributed by atoms with Crippen LogP contribution in [0, 0.1) is 0 Å². The summed E-state index contributed by atoms with van der Waals surface area (Å²) >= 11 is 1.77. The molecular weight excluding hydrogens is 489 g/mol. The van der Waals surface area contributed by atoms with Crippen LogP contribution in [0.5, 0.6) is 5.75 Å². The number of thiophene rings is 1. The van der Waals surface area contributed by atoms with E-state index in [1.165, 1.54) is 15.3 Å². The summed E-state index contributed by atoms with van der Waals surface area (Å²) in [4.78, 5) is 6.76. The third kappa shape index (κ3) is 8.76. The van der Waals surface area contributed by atoms with E-state index in [4.69, 9.17) is 14.2 Å². The van der Waals surface area contributed by atoms with Crippen LogP contribution < -0.4 is 15.4 Å². The second-order valence-electron chi connectivity index (χ2n) is 5.81. The van der Waals surface area contributed by atoms with Gasteiger partial charge in [-0.3, -0.25) is 4.99 Å². The van der Waals surface area contributed by atoms with E-state index >= 15 is 0 Å². The maximum atomic E-state index is 5.45. The summed E-state index contributed by atoms with van der Waals surface area (Å²) in [7, 11) is 5.13. The SMILES string of the molecule is CN=C(NCCCOCCOC)NCc1ccc(-c2ccc(OC)cc2)s1.I. The van der Waals surface area contributed by atoms with Gasteiger partial charge in [0.05, 0.1) is 26.9 Å². The highest BCUT2D eigenvalue weighted by atomic mass is 127. The molecule has 1 aromatic heterocycles. The van der Waals surface area contributed by atoms with Crippen molar-refractivity contribution in [2.45, 2.75) is 13.0 Å². The molecule has 0 aliphatic carbocycles.